The Bertz CT molecular complexity index is 299. The lowest BCUT2D eigenvalue weighted by Gasteiger charge is -2.20. The minimum atomic E-state index is -1.09. The predicted molar refractivity (Wildman–Crippen MR) is 61.3 cm³/mol. The number of esters is 2. The average molecular weight is 264 g/mol. The highest BCUT2D eigenvalue weighted by Crippen LogP contribution is 2.34. The summed E-state index contributed by atoms with van der Waals surface area (Å²) < 4.78 is 9.84. The summed E-state index contributed by atoms with van der Waals surface area (Å²) >= 11 is 1.19. The molecule has 0 aromatic rings. The molecule has 1 fully saturated rings. The van der Waals surface area contributed by atoms with Gasteiger partial charge in [-0.1, -0.05) is 18.7 Å². The van der Waals surface area contributed by atoms with Crippen molar-refractivity contribution >= 4 is 29.7 Å². The van der Waals surface area contributed by atoms with E-state index < -0.39 is 11.1 Å². The van der Waals surface area contributed by atoms with Gasteiger partial charge in [0.05, 0.1) is 5.75 Å². The third kappa shape index (κ3) is 7.62. The van der Waals surface area contributed by atoms with Crippen LogP contribution in [0.3, 0.4) is 0 Å². The number of cyclic esters (lactones) is 1. The fourth-order valence-electron chi connectivity index (χ4n) is 0.968. The van der Waals surface area contributed by atoms with E-state index in [4.69, 9.17) is 19.4 Å². The molecule has 98 valence electrons. The van der Waals surface area contributed by atoms with Crippen LogP contribution in [0.1, 0.15) is 33.6 Å². The van der Waals surface area contributed by atoms with Crippen LogP contribution in [0.4, 0.5) is 0 Å². The van der Waals surface area contributed by atoms with Gasteiger partial charge in [0.15, 0.2) is 0 Å². The minimum Gasteiger partial charge on any atom is -0.481 e. The fraction of sp³-hybridized carbons (Fsp3) is 0.700. The number of carbonyl (C=O) groups is 3. The molecule has 1 atom stereocenters. The van der Waals surface area contributed by atoms with Gasteiger partial charge in [0.2, 0.25) is 0 Å². The zero-order valence-corrected chi connectivity index (χ0v) is 10.8. The van der Waals surface area contributed by atoms with Gasteiger partial charge in [0, 0.05) is 20.3 Å². The first-order valence-corrected chi connectivity index (χ1v) is 6.05. The van der Waals surface area contributed by atoms with Crippen molar-refractivity contribution in [3.8, 4) is 0 Å². The number of hydrogen-bond donors (Lipinski definition) is 1. The van der Waals surface area contributed by atoms with Crippen LogP contribution in [0.25, 0.3) is 0 Å². The molecule has 0 saturated carbocycles. The zero-order chi connectivity index (χ0) is 13.5. The predicted octanol–water partition coefficient (Wildman–Crippen LogP) is 1.38. The van der Waals surface area contributed by atoms with Crippen LogP contribution in [0.15, 0.2) is 0 Å². The van der Waals surface area contributed by atoms with Gasteiger partial charge in [-0.15, -0.1) is 0 Å². The molecular formula is C10H16O6S. The number of carbonyl (C=O) groups excluding carboxylic acids is 2. The number of thioether (sulfide) groups is 1. The number of ether oxygens (including phenoxy) is 2. The van der Waals surface area contributed by atoms with Crippen molar-refractivity contribution in [2.24, 2.45) is 0 Å². The number of aliphatic carboxylic acids is 1. The Morgan fingerprint density at radius 1 is 1.59 bits per heavy atom. The van der Waals surface area contributed by atoms with Crippen molar-refractivity contribution in [3.63, 3.8) is 0 Å². The molecule has 0 radical (unpaired) electrons. The summed E-state index contributed by atoms with van der Waals surface area (Å²) in [5, 5.41) is 6.32. The number of hydrogen-bond acceptors (Lipinski definition) is 6. The Morgan fingerprint density at radius 3 is 2.47 bits per heavy atom. The summed E-state index contributed by atoms with van der Waals surface area (Å²) in [7, 11) is 0. The lowest BCUT2D eigenvalue weighted by molar-refractivity contribution is -0.188. The van der Waals surface area contributed by atoms with Gasteiger partial charge in [-0.3, -0.25) is 14.4 Å². The van der Waals surface area contributed by atoms with Crippen molar-refractivity contribution < 1.29 is 29.0 Å². The normalized spacial score (nSPS) is 22.2. The van der Waals surface area contributed by atoms with Gasteiger partial charge in [-0.05, 0) is 6.42 Å². The molecule has 1 unspecified atom stereocenters. The van der Waals surface area contributed by atoms with Crippen molar-refractivity contribution in [1.82, 2.24) is 0 Å². The number of carboxylic acids is 1. The van der Waals surface area contributed by atoms with Gasteiger partial charge >= 0.3 is 17.1 Å². The monoisotopic (exact) mass is 264 g/mol. The molecule has 17 heavy (non-hydrogen) atoms. The molecule has 0 spiro atoms. The highest BCUT2D eigenvalue weighted by atomic mass is 32.2. The second kappa shape index (κ2) is 7.16. The molecular weight excluding hydrogens is 248 g/mol. The third-order valence-corrected chi connectivity index (χ3v) is 2.58. The quantitative estimate of drug-likeness (QED) is 0.770. The molecule has 1 N–H and O–H groups in total. The highest BCUT2D eigenvalue weighted by Gasteiger charge is 2.40. The third-order valence-electron chi connectivity index (χ3n) is 1.50. The first-order valence-electron chi connectivity index (χ1n) is 5.06. The maximum absolute atomic E-state index is 11.1. The molecule has 0 aliphatic carbocycles. The molecule has 0 bridgehead atoms. The molecule has 6 nitrogen and oxygen atoms in total. The van der Waals surface area contributed by atoms with E-state index in [2.05, 4.69) is 0 Å². The molecule has 1 rings (SSSR count). The Labute approximate surface area is 104 Å². The molecule has 1 aliphatic heterocycles. The first kappa shape index (κ1) is 15.8. The molecule has 7 heteroatoms. The maximum atomic E-state index is 11.1. The highest BCUT2D eigenvalue weighted by molar-refractivity contribution is 8.01. The van der Waals surface area contributed by atoms with E-state index in [0.29, 0.717) is 6.42 Å². The molecule has 1 aliphatic rings. The lowest BCUT2D eigenvalue weighted by atomic mass is 10.3. The maximum Gasteiger partial charge on any atom is 0.320 e. The van der Waals surface area contributed by atoms with Gasteiger partial charge in [-0.25, -0.2) is 0 Å². The van der Waals surface area contributed by atoms with Crippen LogP contribution in [0.2, 0.25) is 0 Å². The summed E-state index contributed by atoms with van der Waals surface area (Å²) in [6.45, 7) is 4.55. The Morgan fingerprint density at radius 2 is 2.12 bits per heavy atom. The summed E-state index contributed by atoms with van der Waals surface area (Å²) in [5.74, 6) is -1.25. The van der Waals surface area contributed by atoms with E-state index in [-0.39, 0.29) is 17.7 Å². The van der Waals surface area contributed by atoms with Gasteiger partial charge in [-0.2, -0.15) is 0 Å². The van der Waals surface area contributed by atoms with Crippen LogP contribution in [-0.4, -0.2) is 33.9 Å². The van der Waals surface area contributed by atoms with Crippen LogP contribution in [-0.2, 0) is 23.9 Å². The first-order chi connectivity index (χ1) is 7.79. The Balaban J connectivity index is 0.000000557. The van der Waals surface area contributed by atoms with E-state index in [9.17, 15) is 9.59 Å². The molecule has 0 aromatic carbocycles. The smallest absolute Gasteiger partial charge is 0.320 e. The van der Waals surface area contributed by atoms with E-state index >= 15 is 0 Å². The SMILES string of the molecule is CC(=O)O.CCCC(=O)OC1(C)OC(=O)CS1. The van der Waals surface area contributed by atoms with Crippen molar-refractivity contribution in [3.05, 3.63) is 0 Å². The largest absolute Gasteiger partial charge is 0.481 e. The van der Waals surface area contributed by atoms with Crippen LogP contribution < -0.4 is 0 Å². The second-order valence-electron chi connectivity index (χ2n) is 3.37. The summed E-state index contributed by atoms with van der Waals surface area (Å²) in [5.41, 5.74) is 0. The van der Waals surface area contributed by atoms with E-state index in [1.54, 1.807) is 6.92 Å². The van der Waals surface area contributed by atoms with Crippen molar-refractivity contribution in [2.45, 2.75) is 38.7 Å². The standard InChI is InChI=1S/C8H12O4S.C2H4O2/c1-3-4-6(9)11-8(2)12-7(10)5-13-8;1-2(3)4/h3-5H2,1-2H3;1H3,(H,3,4). The van der Waals surface area contributed by atoms with Crippen molar-refractivity contribution in [1.29, 1.82) is 0 Å². The summed E-state index contributed by atoms with van der Waals surface area (Å²) in [6, 6.07) is 0. The summed E-state index contributed by atoms with van der Waals surface area (Å²) in [4.78, 5) is 30.8. The second-order valence-corrected chi connectivity index (χ2v) is 4.69. The zero-order valence-electron chi connectivity index (χ0n) is 10.0. The fourth-order valence-corrected chi connectivity index (χ4v) is 1.71. The molecule has 0 amide bonds. The molecule has 1 saturated heterocycles. The molecule has 0 aromatic heterocycles. The lowest BCUT2D eigenvalue weighted by Crippen LogP contribution is -2.28. The van der Waals surface area contributed by atoms with Crippen LogP contribution in [0, 0.1) is 0 Å². The van der Waals surface area contributed by atoms with E-state index in [1.807, 2.05) is 6.92 Å². The van der Waals surface area contributed by atoms with Gasteiger partial charge < -0.3 is 14.6 Å². The van der Waals surface area contributed by atoms with E-state index in [1.165, 1.54) is 11.8 Å². The van der Waals surface area contributed by atoms with Gasteiger partial charge in [0.1, 0.15) is 0 Å². The number of carboxylic acid groups (broad SMARTS) is 1. The topological polar surface area (TPSA) is 89.9 Å². The minimum absolute atomic E-state index is 0.246. The average Bonchev–Trinajstić information content (AvgIpc) is 2.44. The van der Waals surface area contributed by atoms with Gasteiger partial charge in [0.25, 0.3) is 5.97 Å². The van der Waals surface area contributed by atoms with Crippen LogP contribution >= 0.6 is 11.8 Å². The number of rotatable bonds is 3. The Kier molecular flexibility index (Phi) is 6.64. The van der Waals surface area contributed by atoms with Crippen molar-refractivity contribution in [2.75, 3.05) is 5.75 Å². The Hall–Kier alpha value is -1.24. The molecule has 1 heterocycles. The summed E-state index contributed by atoms with van der Waals surface area (Å²) in [6.07, 6.45) is 1.08. The van der Waals surface area contributed by atoms with Crippen LogP contribution in [0.5, 0.6) is 0 Å². The van der Waals surface area contributed by atoms with E-state index in [0.717, 1.165) is 13.3 Å².